The summed E-state index contributed by atoms with van der Waals surface area (Å²) >= 11 is 0. The Balaban J connectivity index is 2.38. The topological polar surface area (TPSA) is 86.9 Å². The van der Waals surface area contributed by atoms with Crippen LogP contribution in [-0.4, -0.2) is 53.6 Å². The smallest absolute Gasteiger partial charge is 0.336 e. The summed E-state index contributed by atoms with van der Waals surface area (Å²) in [6.45, 7) is 7.98. The van der Waals surface area contributed by atoms with Crippen LogP contribution in [0, 0.1) is 17.0 Å². The summed E-state index contributed by atoms with van der Waals surface area (Å²) in [4.78, 5) is 26.1. The van der Waals surface area contributed by atoms with Crippen LogP contribution < -0.4 is 4.90 Å². The summed E-state index contributed by atoms with van der Waals surface area (Å²) in [5.74, 6) is -1.15. The molecule has 0 atom stereocenters. The van der Waals surface area contributed by atoms with Crippen molar-refractivity contribution in [2.24, 2.45) is 0 Å². The van der Waals surface area contributed by atoms with Gasteiger partial charge in [-0.25, -0.2) is 4.79 Å². The Bertz CT molecular complexity index is 566. The van der Waals surface area contributed by atoms with E-state index in [0.717, 1.165) is 38.8 Å². The Labute approximate surface area is 122 Å². The third-order valence-corrected chi connectivity index (χ3v) is 3.96. The number of carboxylic acids is 1. The summed E-state index contributed by atoms with van der Waals surface area (Å²) < 4.78 is 0. The lowest BCUT2D eigenvalue weighted by atomic mass is 10.1. The number of benzene rings is 1. The van der Waals surface area contributed by atoms with Crippen LogP contribution in [-0.2, 0) is 0 Å². The van der Waals surface area contributed by atoms with Crippen molar-refractivity contribution >= 4 is 17.3 Å². The van der Waals surface area contributed by atoms with E-state index in [1.807, 2.05) is 4.90 Å². The first-order valence-electron chi connectivity index (χ1n) is 6.93. The maximum absolute atomic E-state index is 11.2. The number of carbonyl (C=O) groups is 1. The molecule has 0 aliphatic carbocycles. The number of nitrogens with zero attached hydrogens (tertiary/aromatic N) is 3. The van der Waals surface area contributed by atoms with Gasteiger partial charge in [-0.1, -0.05) is 6.92 Å². The third-order valence-electron chi connectivity index (χ3n) is 3.96. The van der Waals surface area contributed by atoms with Gasteiger partial charge in [-0.2, -0.15) is 0 Å². The van der Waals surface area contributed by atoms with Gasteiger partial charge in [0, 0.05) is 37.9 Å². The highest BCUT2D eigenvalue weighted by Gasteiger charge is 2.24. The molecule has 0 unspecified atom stereocenters. The lowest BCUT2D eigenvalue weighted by molar-refractivity contribution is -0.385. The van der Waals surface area contributed by atoms with Crippen molar-refractivity contribution in [3.05, 3.63) is 33.4 Å². The van der Waals surface area contributed by atoms with E-state index in [0.29, 0.717) is 11.3 Å². The Morgan fingerprint density at radius 2 is 1.95 bits per heavy atom. The van der Waals surface area contributed by atoms with Crippen LogP contribution in [0.25, 0.3) is 0 Å². The van der Waals surface area contributed by atoms with E-state index in [4.69, 9.17) is 5.11 Å². The first kappa shape index (κ1) is 15.2. The molecule has 0 bridgehead atoms. The molecule has 1 heterocycles. The fraction of sp³-hybridized carbons (Fsp3) is 0.500. The largest absolute Gasteiger partial charge is 0.478 e. The Morgan fingerprint density at radius 1 is 1.33 bits per heavy atom. The lowest BCUT2D eigenvalue weighted by Gasteiger charge is -2.36. The van der Waals surface area contributed by atoms with Gasteiger partial charge in [0.05, 0.1) is 16.1 Å². The quantitative estimate of drug-likeness (QED) is 0.672. The second kappa shape index (κ2) is 6.09. The Morgan fingerprint density at radius 3 is 2.43 bits per heavy atom. The number of nitro benzene ring substituents is 1. The highest BCUT2D eigenvalue weighted by Crippen LogP contribution is 2.31. The second-order valence-corrected chi connectivity index (χ2v) is 5.12. The van der Waals surface area contributed by atoms with Gasteiger partial charge < -0.3 is 14.9 Å². The molecule has 0 amide bonds. The lowest BCUT2D eigenvalue weighted by Crippen LogP contribution is -2.46. The number of carboxylic acid groups (broad SMARTS) is 1. The summed E-state index contributed by atoms with van der Waals surface area (Å²) in [6.07, 6.45) is 0. The minimum atomic E-state index is -1.15. The molecule has 1 aliphatic heterocycles. The van der Waals surface area contributed by atoms with Gasteiger partial charge in [-0.15, -0.1) is 0 Å². The van der Waals surface area contributed by atoms with E-state index in [-0.39, 0.29) is 11.3 Å². The normalized spacial score (nSPS) is 16.0. The SMILES string of the molecule is CCN1CCN(c2cc(C(=O)O)cc([N+](=O)[O-])c2C)CC1. The molecular formula is C14H19N3O4. The molecule has 1 saturated heterocycles. The molecule has 0 aromatic heterocycles. The third kappa shape index (κ3) is 3.13. The van der Waals surface area contributed by atoms with Crippen molar-refractivity contribution in [1.82, 2.24) is 4.90 Å². The van der Waals surface area contributed by atoms with Crippen molar-refractivity contribution < 1.29 is 14.8 Å². The van der Waals surface area contributed by atoms with Crippen LogP contribution >= 0.6 is 0 Å². The van der Waals surface area contributed by atoms with Crippen molar-refractivity contribution in [2.75, 3.05) is 37.6 Å². The number of rotatable bonds is 4. The standard InChI is InChI=1S/C14H19N3O4/c1-3-15-4-6-16(7-5-15)12-8-11(14(18)19)9-13(10(12)2)17(20)21/h8-9H,3-7H2,1-2H3,(H,18,19). The monoisotopic (exact) mass is 293 g/mol. The van der Waals surface area contributed by atoms with Crippen molar-refractivity contribution in [1.29, 1.82) is 0 Å². The molecule has 0 radical (unpaired) electrons. The molecule has 7 heteroatoms. The predicted molar refractivity (Wildman–Crippen MR) is 79.1 cm³/mol. The van der Waals surface area contributed by atoms with E-state index < -0.39 is 10.9 Å². The molecule has 1 fully saturated rings. The first-order chi connectivity index (χ1) is 9.93. The molecule has 1 aliphatic rings. The number of hydrogen-bond acceptors (Lipinski definition) is 5. The summed E-state index contributed by atoms with van der Waals surface area (Å²) in [7, 11) is 0. The molecular weight excluding hydrogens is 274 g/mol. The molecule has 2 rings (SSSR count). The van der Waals surface area contributed by atoms with Crippen LogP contribution in [0.1, 0.15) is 22.8 Å². The summed E-state index contributed by atoms with van der Waals surface area (Å²) in [6, 6.07) is 2.66. The van der Waals surface area contributed by atoms with E-state index >= 15 is 0 Å². The van der Waals surface area contributed by atoms with Gasteiger partial charge in [-0.05, 0) is 19.5 Å². The van der Waals surface area contributed by atoms with Crippen LogP contribution in [0.15, 0.2) is 12.1 Å². The zero-order valence-corrected chi connectivity index (χ0v) is 12.2. The minimum absolute atomic E-state index is 0.0415. The Kier molecular flexibility index (Phi) is 4.42. The van der Waals surface area contributed by atoms with E-state index in [9.17, 15) is 14.9 Å². The van der Waals surface area contributed by atoms with Gasteiger partial charge in [0.25, 0.3) is 5.69 Å². The molecule has 114 valence electrons. The Hall–Kier alpha value is -2.15. The fourth-order valence-electron chi connectivity index (χ4n) is 2.63. The van der Waals surface area contributed by atoms with Crippen molar-refractivity contribution in [2.45, 2.75) is 13.8 Å². The predicted octanol–water partition coefficient (Wildman–Crippen LogP) is 1.74. The number of likely N-dealkylation sites (N-methyl/N-ethyl adjacent to an activating group) is 1. The second-order valence-electron chi connectivity index (χ2n) is 5.12. The maximum atomic E-state index is 11.2. The van der Waals surface area contributed by atoms with Crippen molar-refractivity contribution in [3.63, 3.8) is 0 Å². The molecule has 0 saturated carbocycles. The van der Waals surface area contributed by atoms with Crippen LogP contribution in [0.5, 0.6) is 0 Å². The van der Waals surface area contributed by atoms with Crippen LogP contribution in [0.3, 0.4) is 0 Å². The zero-order chi connectivity index (χ0) is 15.6. The summed E-state index contributed by atoms with van der Waals surface area (Å²) in [5, 5.41) is 20.3. The number of aromatic carboxylic acids is 1. The summed E-state index contributed by atoms with van der Waals surface area (Å²) in [5.41, 5.74) is 0.996. The van der Waals surface area contributed by atoms with Gasteiger partial charge in [0.1, 0.15) is 0 Å². The number of anilines is 1. The van der Waals surface area contributed by atoms with Crippen LogP contribution in [0.2, 0.25) is 0 Å². The maximum Gasteiger partial charge on any atom is 0.336 e. The van der Waals surface area contributed by atoms with Crippen molar-refractivity contribution in [3.8, 4) is 0 Å². The number of hydrogen-bond donors (Lipinski definition) is 1. The van der Waals surface area contributed by atoms with E-state index in [1.54, 1.807) is 6.92 Å². The molecule has 0 spiro atoms. The van der Waals surface area contributed by atoms with E-state index in [2.05, 4.69) is 11.8 Å². The molecule has 1 aromatic rings. The minimum Gasteiger partial charge on any atom is -0.478 e. The molecule has 7 nitrogen and oxygen atoms in total. The molecule has 1 aromatic carbocycles. The average molecular weight is 293 g/mol. The van der Waals surface area contributed by atoms with Gasteiger partial charge in [-0.3, -0.25) is 10.1 Å². The first-order valence-corrected chi connectivity index (χ1v) is 6.93. The van der Waals surface area contributed by atoms with Gasteiger partial charge >= 0.3 is 5.97 Å². The highest BCUT2D eigenvalue weighted by molar-refractivity contribution is 5.90. The zero-order valence-electron chi connectivity index (χ0n) is 12.2. The number of nitro groups is 1. The molecule has 1 N–H and O–H groups in total. The number of piperazine rings is 1. The average Bonchev–Trinajstić information content (AvgIpc) is 2.47. The van der Waals surface area contributed by atoms with Gasteiger partial charge in [0.2, 0.25) is 0 Å². The fourth-order valence-corrected chi connectivity index (χ4v) is 2.63. The molecule has 21 heavy (non-hydrogen) atoms. The van der Waals surface area contributed by atoms with Crippen LogP contribution in [0.4, 0.5) is 11.4 Å². The van der Waals surface area contributed by atoms with Gasteiger partial charge in [0.15, 0.2) is 0 Å². The highest BCUT2D eigenvalue weighted by atomic mass is 16.6. The van der Waals surface area contributed by atoms with E-state index in [1.165, 1.54) is 6.07 Å².